The van der Waals surface area contributed by atoms with Crippen LogP contribution in [0.5, 0.6) is 0 Å². The Morgan fingerprint density at radius 2 is 1.67 bits per heavy atom. The molecular weight excluding hydrogens is 360 g/mol. The highest BCUT2D eigenvalue weighted by Crippen LogP contribution is 2.46. The van der Waals surface area contributed by atoms with Crippen LogP contribution in [0.15, 0.2) is 48.2 Å². The van der Waals surface area contributed by atoms with Crippen molar-refractivity contribution in [3.8, 4) is 11.1 Å². The lowest BCUT2D eigenvalue weighted by Gasteiger charge is -2.39. The molecule has 1 fully saturated rings. The van der Waals surface area contributed by atoms with Gasteiger partial charge in [-0.2, -0.15) is 0 Å². The van der Waals surface area contributed by atoms with Crippen molar-refractivity contribution in [1.82, 2.24) is 0 Å². The highest BCUT2D eigenvalue weighted by atomic mass is 35.5. The summed E-state index contributed by atoms with van der Waals surface area (Å²) < 4.78 is 5.45. The number of benzene rings is 2. The third-order valence-corrected chi connectivity index (χ3v) is 6.14. The molecule has 1 aliphatic carbocycles. The first kappa shape index (κ1) is 18.3. The maximum atomic E-state index is 13.0. The van der Waals surface area contributed by atoms with Crippen molar-refractivity contribution in [2.24, 2.45) is 5.41 Å². The molecule has 0 saturated carbocycles. The van der Waals surface area contributed by atoms with E-state index in [0.29, 0.717) is 36.7 Å². The Morgan fingerprint density at radius 1 is 1.00 bits per heavy atom. The maximum absolute atomic E-state index is 13.0. The third-order valence-electron chi connectivity index (χ3n) is 5.88. The molecule has 0 unspecified atom stereocenters. The fourth-order valence-electron chi connectivity index (χ4n) is 4.27. The summed E-state index contributed by atoms with van der Waals surface area (Å²) in [6.45, 7) is 3.31. The molecule has 2 aliphatic rings. The van der Waals surface area contributed by atoms with Crippen molar-refractivity contribution in [1.29, 1.82) is 0 Å². The molecule has 4 rings (SSSR count). The Bertz CT molecular complexity index is 906. The topological polar surface area (TPSA) is 46.5 Å². The Morgan fingerprint density at radius 3 is 2.33 bits per heavy atom. The monoisotopic (exact) mass is 382 g/mol. The number of ether oxygens (including phenoxy) is 1. The molecule has 3 nitrogen and oxygen atoms in total. The Hall–Kier alpha value is -2.10. The average molecular weight is 383 g/mol. The second-order valence-corrected chi connectivity index (χ2v) is 8.18. The number of aliphatic hydroxyl groups is 1. The molecular formula is C23H23ClO3. The second-order valence-electron chi connectivity index (χ2n) is 7.75. The summed E-state index contributed by atoms with van der Waals surface area (Å²) in [5, 5.41) is 11.5. The van der Waals surface area contributed by atoms with Gasteiger partial charge >= 0.3 is 0 Å². The number of rotatable bonds is 2. The van der Waals surface area contributed by atoms with Crippen molar-refractivity contribution in [3.63, 3.8) is 0 Å². The van der Waals surface area contributed by atoms with Crippen LogP contribution in [0.4, 0.5) is 0 Å². The van der Waals surface area contributed by atoms with Crippen molar-refractivity contribution in [2.45, 2.75) is 32.6 Å². The van der Waals surface area contributed by atoms with Gasteiger partial charge in [0.1, 0.15) is 5.76 Å². The fraction of sp³-hybridized carbons (Fsp3) is 0.348. The molecule has 4 heteroatoms. The Kier molecular flexibility index (Phi) is 4.83. The molecule has 0 aromatic heterocycles. The van der Waals surface area contributed by atoms with E-state index in [1.54, 1.807) is 0 Å². The standard InChI is InChI=1S/C23H23ClO3/c1-15-2-3-17(16-4-6-18(24)7-5-16)12-19(15)22-20(25)13-23(14-21(22)26)8-10-27-11-9-23/h2-7,12,25H,8-11,13-14H2,1H3. The number of carbonyl (C=O) groups is 1. The van der Waals surface area contributed by atoms with E-state index in [0.717, 1.165) is 35.1 Å². The molecule has 0 atom stereocenters. The van der Waals surface area contributed by atoms with Gasteiger partial charge < -0.3 is 9.84 Å². The molecule has 27 heavy (non-hydrogen) atoms. The van der Waals surface area contributed by atoms with Crippen molar-refractivity contribution >= 4 is 23.0 Å². The van der Waals surface area contributed by atoms with Crippen LogP contribution in [-0.4, -0.2) is 24.1 Å². The highest BCUT2D eigenvalue weighted by molar-refractivity contribution is 6.30. The molecule has 2 aromatic rings. The zero-order valence-electron chi connectivity index (χ0n) is 15.4. The normalized spacial score (nSPS) is 19.6. The molecule has 0 radical (unpaired) electrons. The van der Waals surface area contributed by atoms with Crippen LogP contribution in [0, 0.1) is 12.3 Å². The van der Waals surface area contributed by atoms with E-state index in [1.807, 2.05) is 49.4 Å². The van der Waals surface area contributed by atoms with Crippen LogP contribution in [0.2, 0.25) is 5.02 Å². The number of allylic oxidation sites excluding steroid dienone is 2. The first-order valence-electron chi connectivity index (χ1n) is 9.37. The highest BCUT2D eigenvalue weighted by Gasteiger charge is 2.41. The predicted molar refractivity (Wildman–Crippen MR) is 108 cm³/mol. The molecule has 1 aliphatic heterocycles. The van der Waals surface area contributed by atoms with E-state index in [4.69, 9.17) is 16.3 Å². The molecule has 1 heterocycles. The van der Waals surface area contributed by atoms with Crippen molar-refractivity contribution in [3.05, 3.63) is 64.4 Å². The minimum absolute atomic E-state index is 0.0389. The van der Waals surface area contributed by atoms with E-state index < -0.39 is 0 Å². The van der Waals surface area contributed by atoms with Gasteiger partial charge in [0.2, 0.25) is 0 Å². The largest absolute Gasteiger partial charge is 0.512 e. The zero-order valence-corrected chi connectivity index (χ0v) is 16.2. The van der Waals surface area contributed by atoms with E-state index in [1.165, 1.54) is 0 Å². The van der Waals surface area contributed by atoms with Gasteiger partial charge in [-0.3, -0.25) is 4.79 Å². The summed E-state index contributed by atoms with van der Waals surface area (Å²) >= 11 is 5.99. The molecule has 140 valence electrons. The summed E-state index contributed by atoms with van der Waals surface area (Å²) in [6, 6.07) is 13.7. The number of aryl methyl sites for hydroxylation is 1. The van der Waals surface area contributed by atoms with Gasteiger partial charge in [-0.1, -0.05) is 35.9 Å². The number of hydrogen-bond acceptors (Lipinski definition) is 3. The van der Waals surface area contributed by atoms with Crippen LogP contribution in [-0.2, 0) is 9.53 Å². The number of hydrogen-bond donors (Lipinski definition) is 1. The average Bonchev–Trinajstić information content (AvgIpc) is 2.64. The number of ketones is 1. The van der Waals surface area contributed by atoms with Gasteiger partial charge in [0.15, 0.2) is 5.78 Å². The quantitative estimate of drug-likeness (QED) is 0.719. The summed E-state index contributed by atoms with van der Waals surface area (Å²) in [6.07, 6.45) is 2.71. The molecule has 1 N–H and O–H groups in total. The van der Waals surface area contributed by atoms with Crippen LogP contribution < -0.4 is 0 Å². The molecule has 1 saturated heterocycles. The third kappa shape index (κ3) is 3.54. The predicted octanol–water partition coefficient (Wildman–Crippen LogP) is 5.74. The van der Waals surface area contributed by atoms with E-state index >= 15 is 0 Å². The lowest BCUT2D eigenvalue weighted by molar-refractivity contribution is -0.118. The second kappa shape index (κ2) is 7.14. The van der Waals surface area contributed by atoms with Gasteiger partial charge in [0, 0.05) is 31.1 Å². The number of carbonyl (C=O) groups excluding carboxylic acids is 1. The van der Waals surface area contributed by atoms with Gasteiger partial charge in [-0.05, 0) is 65.6 Å². The molecule has 1 spiro atoms. The summed E-state index contributed by atoms with van der Waals surface area (Å²) in [5.74, 6) is 0.265. The summed E-state index contributed by atoms with van der Waals surface area (Å²) in [5.41, 5.74) is 4.21. The van der Waals surface area contributed by atoms with Crippen molar-refractivity contribution < 1.29 is 14.6 Å². The van der Waals surface area contributed by atoms with Crippen LogP contribution in [0.25, 0.3) is 16.7 Å². The minimum atomic E-state index is -0.134. The molecule has 0 amide bonds. The number of Topliss-reactive ketones (excluding diaryl/α,β-unsaturated/α-hetero) is 1. The van der Waals surface area contributed by atoms with Crippen LogP contribution in [0.1, 0.15) is 36.8 Å². The Labute approximate surface area is 164 Å². The number of halogens is 1. The van der Waals surface area contributed by atoms with Gasteiger partial charge in [0.05, 0.1) is 5.57 Å². The zero-order chi connectivity index (χ0) is 19.0. The molecule has 0 bridgehead atoms. The lowest BCUT2D eigenvalue weighted by atomic mass is 9.67. The van der Waals surface area contributed by atoms with Crippen LogP contribution in [0.3, 0.4) is 0 Å². The van der Waals surface area contributed by atoms with Gasteiger partial charge in [-0.15, -0.1) is 0 Å². The van der Waals surface area contributed by atoms with Gasteiger partial charge in [-0.25, -0.2) is 0 Å². The van der Waals surface area contributed by atoms with E-state index in [-0.39, 0.29) is 17.0 Å². The lowest BCUT2D eigenvalue weighted by Crippen LogP contribution is -2.36. The van der Waals surface area contributed by atoms with E-state index in [2.05, 4.69) is 0 Å². The number of aliphatic hydroxyl groups excluding tert-OH is 1. The smallest absolute Gasteiger partial charge is 0.167 e. The SMILES string of the molecule is Cc1ccc(-c2ccc(Cl)cc2)cc1C1=C(O)CC2(CCOCC2)CC1=O. The minimum Gasteiger partial charge on any atom is -0.512 e. The fourth-order valence-corrected chi connectivity index (χ4v) is 4.40. The first-order valence-corrected chi connectivity index (χ1v) is 9.75. The molecule has 2 aromatic carbocycles. The summed E-state index contributed by atoms with van der Waals surface area (Å²) in [4.78, 5) is 13.0. The van der Waals surface area contributed by atoms with Crippen molar-refractivity contribution in [2.75, 3.05) is 13.2 Å². The van der Waals surface area contributed by atoms with Gasteiger partial charge in [0.25, 0.3) is 0 Å². The maximum Gasteiger partial charge on any atom is 0.167 e. The summed E-state index contributed by atoms with van der Waals surface area (Å²) in [7, 11) is 0. The van der Waals surface area contributed by atoms with E-state index in [9.17, 15) is 9.90 Å². The Balaban J connectivity index is 1.74. The first-order chi connectivity index (χ1) is 13.0. The van der Waals surface area contributed by atoms with Crippen LogP contribution >= 0.6 is 11.6 Å².